The van der Waals surface area contributed by atoms with Crippen LogP contribution in [-0.4, -0.2) is 70.9 Å². The Labute approximate surface area is 216 Å². The van der Waals surface area contributed by atoms with Gasteiger partial charge in [0.1, 0.15) is 12.6 Å². The fourth-order valence-electron chi connectivity index (χ4n) is 6.06. The number of rotatable bonds is 16. The molecule has 35 heavy (non-hydrogen) atoms. The summed E-state index contributed by atoms with van der Waals surface area (Å²) in [6, 6.07) is 12.4. The minimum Gasteiger partial charge on any atom is -0.355 e. The minimum absolute atomic E-state index is 0.588. The highest BCUT2D eigenvalue weighted by Crippen LogP contribution is 2.27. The SMILES string of the molecule is CCCCN1C(CCC)=[N+](CCCCC2CN=C(CCC)N2CC(CC)c2ccccc2)CC1C. The van der Waals surface area contributed by atoms with Crippen LogP contribution in [0.2, 0.25) is 0 Å². The summed E-state index contributed by atoms with van der Waals surface area (Å²) in [5.41, 5.74) is 1.48. The second-order valence-electron chi connectivity index (χ2n) is 10.8. The van der Waals surface area contributed by atoms with Gasteiger partial charge in [-0.1, -0.05) is 64.4 Å². The summed E-state index contributed by atoms with van der Waals surface area (Å²) >= 11 is 0. The van der Waals surface area contributed by atoms with E-state index in [4.69, 9.17) is 4.99 Å². The van der Waals surface area contributed by atoms with Crippen LogP contribution in [0.4, 0.5) is 0 Å². The first-order valence-electron chi connectivity index (χ1n) is 14.8. The molecular weight excluding hydrogens is 428 g/mol. The van der Waals surface area contributed by atoms with Crippen molar-refractivity contribution in [3.05, 3.63) is 35.9 Å². The molecule has 4 heteroatoms. The summed E-state index contributed by atoms with van der Waals surface area (Å²) in [4.78, 5) is 10.4. The summed E-state index contributed by atoms with van der Waals surface area (Å²) in [5.74, 6) is 3.58. The van der Waals surface area contributed by atoms with E-state index in [9.17, 15) is 0 Å². The van der Waals surface area contributed by atoms with Gasteiger partial charge in [0.2, 0.25) is 5.84 Å². The van der Waals surface area contributed by atoms with E-state index in [0.29, 0.717) is 18.0 Å². The van der Waals surface area contributed by atoms with E-state index in [1.165, 1.54) is 88.8 Å². The molecule has 196 valence electrons. The van der Waals surface area contributed by atoms with Crippen molar-refractivity contribution < 1.29 is 4.58 Å². The fourth-order valence-corrected chi connectivity index (χ4v) is 6.06. The zero-order valence-corrected chi connectivity index (χ0v) is 23.5. The Kier molecular flexibility index (Phi) is 11.6. The van der Waals surface area contributed by atoms with Gasteiger partial charge < -0.3 is 4.90 Å². The van der Waals surface area contributed by atoms with E-state index in [-0.39, 0.29) is 0 Å². The topological polar surface area (TPSA) is 21.9 Å². The van der Waals surface area contributed by atoms with Crippen molar-refractivity contribution in [3.63, 3.8) is 0 Å². The van der Waals surface area contributed by atoms with E-state index in [0.717, 1.165) is 19.5 Å². The molecule has 0 amide bonds. The molecule has 3 rings (SSSR count). The highest BCUT2D eigenvalue weighted by molar-refractivity contribution is 5.84. The average Bonchev–Trinajstić information content (AvgIpc) is 3.39. The Bertz CT molecular complexity index is 799. The zero-order chi connectivity index (χ0) is 25.0. The second kappa shape index (κ2) is 14.7. The van der Waals surface area contributed by atoms with E-state index in [1.54, 1.807) is 5.84 Å². The van der Waals surface area contributed by atoms with Crippen molar-refractivity contribution in [2.45, 2.75) is 117 Å². The quantitative estimate of drug-likeness (QED) is 0.188. The van der Waals surface area contributed by atoms with Crippen molar-refractivity contribution in [1.82, 2.24) is 9.80 Å². The first-order valence-corrected chi connectivity index (χ1v) is 14.8. The number of benzene rings is 1. The smallest absolute Gasteiger partial charge is 0.247 e. The molecule has 0 N–H and O–H groups in total. The molecule has 0 saturated heterocycles. The molecule has 3 atom stereocenters. The maximum absolute atomic E-state index is 5.03. The van der Waals surface area contributed by atoms with Crippen molar-refractivity contribution in [2.24, 2.45) is 4.99 Å². The van der Waals surface area contributed by atoms with Crippen molar-refractivity contribution in [1.29, 1.82) is 0 Å². The molecule has 0 radical (unpaired) electrons. The molecule has 2 aliphatic heterocycles. The molecule has 1 aromatic rings. The van der Waals surface area contributed by atoms with Crippen LogP contribution in [0, 0.1) is 0 Å². The maximum atomic E-state index is 5.03. The molecular formula is C31H53N4+. The molecule has 0 aromatic heterocycles. The van der Waals surface area contributed by atoms with Crippen LogP contribution < -0.4 is 0 Å². The number of nitrogens with zero attached hydrogens (tertiary/aromatic N) is 4. The molecule has 4 nitrogen and oxygen atoms in total. The lowest BCUT2D eigenvalue weighted by molar-refractivity contribution is -0.522. The van der Waals surface area contributed by atoms with Crippen LogP contribution in [-0.2, 0) is 0 Å². The Hall–Kier alpha value is -1.84. The van der Waals surface area contributed by atoms with Gasteiger partial charge in [0, 0.05) is 31.3 Å². The van der Waals surface area contributed by atoms with Gasteiger partial charge in [0.05, 0.1) is 25.5 Å². The predicted octanol–water partition coefficient (Wildman–Crippen LogP) is 6.95. The molecule has 0 aliphatic carbocycles. The molecule has 1 aromatic carbocycles. The summed E-state index contributed by atoms with van der Waals surface area (Å²) in [7, 11) is 0. The van der Waals surface area contributed by atoms with Gasteiger partial charge in [-0.2, -0.15) is 0 Å². The standard InChI is InChI=1S/C31H53N4/c1-6-10-22-34-26(5)24-33(31(34)17-8-3)21-15-14-20-29-23-32-30(16-7-2)35(29)25-27(9-4)28-18-12-11-13-19-28/h11-13,18-19,26-27,29H,6-10,14-17,20-25H2,1-5H3/q+1. The van der Waals surface area contributed by atoms with E-state index >= 15 is 0 Å². The number of hydrogen-bond donors (Lipinski definition) is 0. The van der Waals surface area contributed by atoms with Crippen molar-refractivity contribution in [3.8, 4) is 0 Å². The molecule has 0 saturated carbocycles. The minimum atomic E-state index is 0.588. The van der Waals surface area contributed by atoms with Gasteiger partial charge in [-0.25, -0.2) is 0 Å². The van der Waals surface area contributed by atoms with E-state index in [1.807, 2.05) is 0 Å². The van der Waals surface area contributed by atoms with Crippen LogP contribution >= 0.6 is 0 Å². The molecule has 2 heterocycles. The first-order chi connectivity index (χ1) is 17.1. The second-order valence-corrected chi connectivity index (χ2v) is 10.8. The molecule has 0 bridgehead atoms. The van der Waals surface area contributed by atoms with E-state index < -0.39 is 0 Å². The Morgan fingerprint density at radius 1 is 0.943 bits per heavy atom. The maximum Gasteiger partial charge on any atom is 0.247 e. The highest BCUT2D eigenvalue weighted by Gasteiger charge is 2.35. The van der Waals surface area contributed by atoms with Gasteiger partial charge in [0.25, 0.3) is 0 Å². The molecule has 2 aliphatic rings. The number of aliphatic imine (C=N–C) groups is 1. The predicted molar refractivity (Wildman–Crippen MR) is 152 cm³/mol. The van der Waals surface area contributed by atoms with Gasteiger partial charge in [-0.15, -0.1) is 0 Å². The lowest BCUT2D eigenvalue weighted by Crippen LogP contribution is -2.39. The first kappa shape index (κ1) is 27.7. The third-order valence-electron chi connectivity index (χ3n) is 8.07. The summed E-state index contributed by atoms with van der Waals surface area (Å²) in [6.07, 6.45) is 12.4. The number of unbranched alkanes of at least 4 members (excludes halogenated alkanes) is 2. The Balaban J connectivity index is 1.57. The van der Waals surface area contributed by atoms with Gasteiger partial charge >= 0.3 is 0 Å². The monoisotopic (exact) mass is 481 g/mol. The van der Waals surface area contributed by atoms with Crippen molar-refractivity contribution in [2.75, 3.05) is 32.7 Å². The van der Waals surface area contributed by atoms with Crippen LogP contribution in [0.5, 0.6) is 0 Å². The van der Waals surface area contributed by atoms with Crippen molar-refractivity contribution >= 4 is 11.7 Å². The van der Waals surface area contributed by atoms with Crippen LogP contribution in [0.1, 0.15) is 110 Å². The average molecular weight is 482 g/mol. The fraction of sp³-hybridized carbons (Fsp3) is 0.742. The van der Waals surface area contributed by atoms with Crippen LogP contribution in [0.3, 0.4) is 0 Å². The third-order valence-corrected chi connectivity index (χ3v) is 8.07. The summed E-state index contributed by atoms with van der Waals surface area (Å²) in [6.45, 7) is 17.5. The zero-order valence-electron chi connectivity index (χ0n) is 23.5. The lowest BCUT2D eigenvalue weighted by atomic mass is 9.95. The number of amidine groups is 2. The molecule has 0 fully saturated rings. The van der Waals surface area contributed by atoms with Gasteiger partial charge in [-0.05, 0) is 57.4 Å². The molecule has 0 spiro atoms. The van der Waals surface area contributed by atoms with E-state index in [2.05, 4.69) is 79.3 Å². The van der Waals surface area contributed by atoms with Crippen LogP contribution in [0.25, 0.3) is 0 Å². The normalized spacial score (nSPS) is 21.2. The van der Waals surface area contributed by atoms with Gasteiger partial charge in [-0.3, -0.25) is 14.5 Å². The molecule has 3 unspecified atom stereocenters. The highest BCUT2D eigenvalue weighted by atomic mass is 15.3. The summed E-state index contributed by atoms with van der Waals surface area (Å²) < 4.78 is 2.72. The Morgan fingerprint density at radius 3 is 2.40 bits per heavy atom. The lowest BCUT2D eigenvalue weighted by Gasteiger charge is -2.32. The number of hydrogen-bond acceptors (Lipinski definition) is 3. The third kappa shape index (κ3) is 7.57. The largest absolute Gasteiger partial charge is 0.355 e. The Morgan fingerprint density at radius 2 is 1.71 bits per heavy atom. The van der Waals surface area contributed by atoms with Crippen LogP contribution in [0.15, 0.2) is 35.3 Å². The van der Waals surface area contributed by atoms with Gasteiger partial charge in [0.15, 0.2) is 0 Å². The summed E-state index contributed by atoms with van der Waals surface area (Å²) in [5, 5.41) is 0.